The Morgan fingerprint density at radius 3 is 2.52 bits per heavy atom. The molecule has 0 bridgehead atoms. The van der Waals surface area contributed by atoms with E-state index in [4.69, 9.17) is 14.9 Å². The topological polar surface area (TPSA) is 154 Å². The van der Waals surface area contributed by atoms with Crippen LogP contribution in [-0.4, -0.2) is 49.8 Å². The number of hydrogen-bond acceptors (Lipinski definition) is 6. The minimum Gasteiger partial charge on any atom is -0.465 e. The first-order valence-electron chi connectivity index (χ1n) is 8.17. The zero-order chi connectivity index (χ0) is 19.8. The summed E-state index contributed by atoms with van der Waals surface area (Å²) >= 11 is 0. The number of ether oxygens (including phenoxy) is 1. The Bertz CT molecular complexity index is 849. The second-order valence-corrected chi connectivity index (χ2v) is 5.78. The molecule has 3 atom stereocenters. The molecule has 146 valence electrons. The highest BCUT2D eigenvalue weighted by atomic mass is 16.5. The number of nitrogens with one attached hydrogen (secondary N) is 2. The van der Waals surface area contributed by atoms with Crippen LogP contribution in [0, 0.1) is 0 Å². The van der Waals surface area contributed by atoms with Gasteiger partial charge in [0.2, 0.25) is 0 Å². The summed E-state index contributed by atoms with van der Waals surface area (Å²) in [6.45, 7) is 0.0615. The number of amides is 1. The third kappa shape index (κ3) is 6.06. The van der Waals surface area contributed by atoms with Crippen LogP contribution in [0.4, 0.5) is 4.79 Å². The highest BCUT2D eigenvalue weighted by molar-refractivity contribution is 5.64. The molecule has 1 aromatic heterocycles. The Morgan fingerprint density at radius 2 is 1.96 bits per heavy atom. The molecule has 1 amide bonds. The van der Waals surface area contributed by atoms with Crippen molar-refractivity contribution in [1.82, 2.24) is 14.9 Å². The van der Waals surface area contributed by atoms with E-state index < -0.39 is 35.8 Å². The van der Waals surface area contributed by atoms with Crippen LogP contribution in [0.3, 0.4) is 0 Å². The van der Waals surface area contributed by atoms with Gasteiger partial charge >= 0.3 is 11.8 Å². The van der Waals surface area contributed by atoms with Crippen LogP contribution in [0.25, 0.3) is 0 Å². The van der Waals surface area contributed by atoms with E-state index in [-0.39, 0.29) is 13.0 Å². The average Bonchev–Trinajstić information content (AvgIpc) is 3.02. The van der Waals surface area contributed by atoms with Crippen LogP contribution in [0.5, 0.6) is 0 Å². The van der Waals surface area contributed by atoms with Gasteiger partial charge in [-0.2, -0.15) is 0 Å². The Balaban J connectivity index is 0.000000208. The summed E-state index contributed by atoms with van der Waals surface area (Å²) in [6, 6.07) is 10.6. The average molecular weight is 379 g/mol. The predicted molar refractivity (Wildman–Crippen MR) is 94.2 cm³/mol. The van der Waals surface area contributed by atoms with E-state index in [1.165, 1.54) is 16.8 Å². The van der Waals surface area contributed by atoms with Gasteiger partial charge < -0.3 is 25.4 Å². The lowest BCUT2D eigenvalue weighted by Gasteiger charge is -2.13. The molecule has 1 aromatic carbocycles. The zero-order valence-electron chi connectivity index (χ0n) is 14.3. The van der Waals surface area contributed by atoms with E-state index in [0.717, 1.165) is 5.56 Å². The number of aliphatic hydroxyl groups is 2. The molecule has 27 heavy (non-hydrogen) atoms. The molecule has 1 aliphatic rings. The summed E-state index contributed by atoms with van der Waals surface area (Å²) in [5, 5.41) is 28.9. The Hall–Kier alpha value is -2.95. The molecular weight excluding hydrogens is 358 g/mol. The monoisotopic (exact) mass is 379 g/mol. The summed E-state index contributed by atoms with van der Waals surface area (Å²) < 4.78 is 6.45. The molecule has 0 aliphatic carbocycles. The molecule has 0 saturated carbocycles. The molecule has 5 N–H and O–H groups in total. The second kappa shape index (κ2) is 9.67. The van der Waals surface area contributed by atoms with Crippen molar-refractivity contribution in [2.75, 3.05) is 6.61 Å². The third-order valence-corrected chi connectivity index (χ3v) is 3.83. The molecule has 10 heteroatoms. The van der Waals surface area contributed by atoms with Gasteiger partial charge in [0.1, 0.15) is 12.3 Å². The van der Waals surface area contributed by atoms with Crippen molar-refractivity contribution < 1.29 is 24.9 Å². The molecule has 1 fully saturated rings. The Kier molecular flexibility index (Phi) is 7.29. The summed E-state index contributed by atoms with van der Waals surface area (Å²) in [7, 11) is 0. The fraction of sp³-hybridized carbons (Fsp3) is 0.353. The molecule has 1 saturated heterocycles. The standard InChI is InChI=1S/C9H12N2O5.C8H9NO2/c12-4-6-5(13)3-8(16-6)11-2-1-7(14)10-9(11)15;10-8(11)9-6-7-4-2-1-3-5-7/h1-2,5-6,8,12-13H,3-4H2,(H,10,14,15);1-5,9H,6H2,(H,10,11)/t5-,6+,8+;/m0./s1. The van der Waals surface area contributed by atoms with Crippen LogP contribution in [0.1, 0.15) is 18.2 Å². The van der Waals surface area contributed by atoms with Crippen molar-refractivity contribution in [3.05, 3.63) is 69.0 Å². The van der Waals surface area contributed by atoms with Gasteiger partial charge in [0.15, 0.2) is 0 Å². The number of carboxylic acid groups (broad SMARTS) is 1. The molecule has 3 rings (SSSR count). The van der Waals surface area contributed by atoms with Gasteiger partial charge in [-0.25, -0.2) is 9.59 Å². The number of benzene rings is 1. The largest absolute Gasteiger partial charge is 0.465 e. The highest BCUT2D eigenvalue weighted by Gasteiger charge is 2.34. The van der Waals surface area contributed by atoms with Gasteiger partial charge in [0, 0.05) is 25.2 Å². The van der Waals surface area contributed by atoms with E-state index in [0.29, 0.717) is 6.54 Å². The maximum Gasteiger partial charge on any atom is 0.404 e. The number of aromatic nitrogens is 2. The van der Waals surface area contributed by atoms with Crippen LogP contribution in [0.2, 0.25) is 0 Å². The quantitative estimate of drug-likeness (QED) is 0.486. The SMILES string of the molecule is O=C(O)NCc1ccccc1.O=c1ccn([C@H]2C[C@H](O)[C@@H](CO)O2)c(=O)[nH]1. The smallest absolute Gasteiger partial charge is 0.404 e. The number of H-pyrrole nitrogens is 1. The van der Waals surface area contributed by atoms with E-state index in [9.17, 15) is 19.5 Å². The van der Waals surface area contributed by atoms with Gasteiger partial charge in [-0.1, -0.05) is 30.3 Å². The normalized spacial score (nSPS) is 21.2. The maximum atomic E-state index is 11.4. The summed E-state index contributed by atoms with van der Waals surface area (Å²) in [6.07, 6.45) is -1.64. The van der Waals surface area contributed by atoms with Crippen LogP contribution in [0.15, 0.2) is 52.2 Å². The third-order valence-electron chi connectivity index (χ3n) is 3.83. The van der Waals surface area contributed by atoms with Crippen LogP contribution in [-0.2, 0) is 11.3 Å². The van der Waals surface area contributed by atoms with Gasteiger partial charge in [0.25, 0.3) is 5.56 Å². The number of hydrogen-bond donors (Lipinski definition) is 5. The fourth-order valence-electron chi connectivity index (χ4n) is 2.48. The Morgan fingerprint density at radius 1 is 1.26 bits per heavy atom. The lowest BCUT2D eigenvalue weighted by molar-refractivity contribution is -0.0459. The predicted octanol–water partition coefficient (Wildman–Crippen LogP) is -0.369. The van der Waals surface area contributed by atoms with Crippen molar-refractivity contribution in [1.29, 1.82) is 0 Å². The molecule has 1 aliphatic heterocycles. The van der Waals surface area contributed by atoms with Gasteiger partial charge in [-0.3, -0.25) is 14.3 Å². The summed E-state index contributed by atoms with van der Waals surface area (Å²) in [4.78, 5) is 34.4. The summed E-state index contributed by atoms with van der Waals surface area (Å²) in [5.41, 5.74) is -0.114. The van der Waals surface area contributed by atoms with Crippen LogP contribution >= 0.6 is 0 Å². The van der Waals surface area contributed by atoms with E-state index in [2.05, 4.69) is 10.3 Å². The van der Waals surface area contributed by atoms with E-state index in [1.807, 2.05) is 30.3 Å². The van der Waals surface area contributed by atoms with Crippen molar-refractivity contribution >= 4 is 6.09 Å². The molecule has 0 radical (unpaired) electrons. The minimum atomic E-state index is -0.992. The van der Waals surface area contributed by atoms with Crippen molar-refractivity contribution in [2.24, 2.45) is 0 Å². The van der Waals surface area contributed by atoms with Gasteiger partial charge in [0.05, 0.1) is 12.7 Å². The lowest BCUT2D eigenvalue weighted by atomic mass is 10.2. The number of nitrogens with zero attached hydrogens (tertiary/aromatic N) is 1. The van der Waals surface area contributed by atoms with Gasteiger partial charge in [-0.05, 0) is 5.56 Å². The minimum absolute atomic E-state index is 0.206. The van der Waals surface area contributed by atoms with Crippen molar-refractivity contribution in [3.63, 3.8) is 0 Å². The Labute approximate surface area is 153 Å². The second-order valence-electron chi connectivity index (χ2n) is 5.78. The highest BCUT2D eigenvalue weighted by Crippen LogP contribution is 2.26. The number of rotatable bonds is 4. The van der Waals surface area contributed by atoms with Crippen molar-refractivity contribution in [2.45, 2.75) is 31.4 Å². The number of aliphatic hydroxyl groups excluding tert-OH is 2. The number of carbonyl (C=O) groups is 1. The molecule has 2 heterocycles. The lowest BCUT2D eigenvalue weighted by Crippen LogP contribution is -2.31. The molecule has 0 unspecified atom stereocenters. The van der Waals surface area contributed by atoms with Crippen LogP contribution < -0.4 is 16.6 Å². The molecule has 10 nitrogen and oxygen atoms in total. The molecular formula is C17H21N3O7. The number of aromatic amines is 1. The maximum absolute atomic E-state index is 11.4. The fourth-order valence-corrected chi connectivity index (χ4v) is 2.48. The first-order valence-corrected chi connectivity index (χ1v) is 8.17. The van der Waals surface area contributed by atoms with E-state index >= 15 is 0 Å². The van der Waals surface area contributed by atoms with Crippen molar-refractivity contribution in [3.8, 4) is 0 Å². The van der Waals surface area contributed by atoms with E-state index in [1.54, 1.807) is 0 Å². The zero-order valence-corrected chi connectivity index (χ0v) is 14.3. The first kappa shape index (κ1) is 20.4. The first-order chi connectivity index (χ1) is 12.9. The van der Waals surface area contributed by atoms with Gasteiger partial charge in [-0.15, -0.1) is 0 Å². The molecule has 2 aromatic rings. The molecule has 0 spiro atoms. The summed E-state index contributed by atoms with van der Waals surface area (Å²) in [5.74, 6) is 0.